The molecule has 5 heteroatoms. The van der Waals surface area contributed by atoms with Crippen LogP contribution >= 0.6 is 31.9 Å². The van der Waals surface area contributed by atoms with Gasteiger partial charge < -0.3 is 5.11 Å². The van der Waals surface area contributed by atoms with Crippen molar-refractivity contribution >= 4 is 31.9 Å². The molecule has 11 heavy (non-hydrogen) atoms. The molecule has 1 rings (SSSR count). The second-order valence-corrected chi connectivity index (χ2v) is 3.33. The minimum Gasteiger partial charge on any atom is -0.870 e. The lowest BCUT2D eigenvalue weighted by atomic mass is 10.4. The summed E-state index contributed by atoms with van der Waals surface area (Å²) in [6.07, 6.45) is 0. The molecule has 0 aliphatic carbocycles. The van der Waals surface area contributed by atoms with Crippen molar-refractivity contribution in [3.63, 3.8) is 0 Å². The number of hydrogen-bond acceptors (Lipinski definition) is 3. The Kier molecular flexibility index (Phi) is 2.47. The molecule has 0 atom stereocenters. The molecule has 0 aromatic carbocycles. The number of pyridine rings is 1. The van der Waals surface area contributed by atoms with E-state index in [0.717, 1.165) is 0 Å². The molecule has 0 N–H and O–H groups in total. The molecule has 0 aliphatic rings. The normalized spacial score (nSPS) is 9.18. The van der Waals surface area contributed by atoms with Gasteiger partial charge in [0, 0.05) is 4.47 Å². The fourth-order valence-electron chi connectivity index (χ4n) is 0.530. The molecular formula is C6HBr2N2O-. The largest absolute Gasteiger partial charge is 0.870 e. The highest BCUT2D eigenvalue weighted by molar-refractivity contribution is 9.11. The van der Waals surface area contributed by atoms with Gasteiger partial charge in [-0.1, -0.05) is 21.7 Å². The zero-order valence-corrected chi connectivity index (χ0v) is 8.31. The zero-order valence-electron chi connectivity index (χ0n) is 5.14. The van der Waals surface area contributed by atoms with E-state index in [2.05, 4.69) is 36.8 Å². The van der Waals surface area contributed by atoms with Gasteiger partial charge >= 0.3 is 0 Å². The first-order chi connectivity index (χ1) is 5.15. The Labute approximate surface area is 79.9 Å². The minimum atomic E-state index is -0.246. The van der Waals surface area contributed by atoms with Crippen LogP contribution in [0.5, 0.6) is 5.75 Å². The Hall–Kier alpha value is -0.600. The van der Waals surface area contributed by atoms with Crippen molar-refractivity contribution in [3.05, 3.63) is 20.8 Å². The number of halogens is 2. The van der Waals surface area contributed by atoms with Gasteiger partial charge in [0.1, 0.15) is 16.4 Å². The predicted molar refractivity (Wildman–Crippen MR) is 43.8 cm³/mol. The van der Waals surface area contributed by atoms with Gasteiger partial charge in [0.2, 0.25) is 0 Å². The molecule has 0 bridgehead atoms. The maximum atomic E-state index is 11.0. The zero-order chi connectivity index (χ0) is 8.43. The number of nitriles is 1. The fourth-order valence-corrected chi connectivity index (χ4v) is 1.61. The fraction of sp³-hybridized carbons (Fsp3) is 0. The molecule has 56 valence electrons. The highest BCUT2D eigenvalue weighted by atomic mass is 79.9. The molecule has 1 aromatic rings. The van der Waals surface area contributed by atoms with E-state index in [0.29, 0.717) is 4.47 Å². The lowest BCUT2D eigenvalue weighted by Gasteiger charge is -2.09. The summed E-state index contributed by atoms with van der Waals surface area (Å²) in [6.45, 7) is 0. The van der Waals surface area contributed by atoms with Crippen molar-refractivity contribution < 1.29 is 5.11 Å². The third-order valence-corrected chi connectivity index (χ3v) is 2.13. The number of aromatic nitrogens is 1. The van der Waals surface area contributed by atoms with Gasteiger partial charge in [-0.05, 0) is 22.0 Å². The minimum absolute atomic E-state index is 0.156. The standard InChI is InChI=1S/C6H2Br2N2O/c7-4-1-3(2-9)10-6(8)5(4)11/h1,11H/p-1. The molecule has 1 aromatic heterocycles. The van der Waals surface area contributed by atoms with Crippen LogP contribution in [-0.2, 0) is 0 Å². The summed E-state index contributed by atoms with van der Waals surface area (Å²) in [6, 6.07) is 3.21. The lowest BCUT2D eigenvalue weighted by Crippen LogP contribution is -1.96. The summed E-state index contributed by atoms with van der Waals surface area (Å²) < 4.78 is 0.499. The Morgan fingerprint density at radius 2 is 2.18 bits per heavy atom. The van der Waals surface area contributed by atoms with Gasteiger partial charge in [0.05, 0.1) is 0 Å². The Morgan fingerprint density at radius 1 is 1.55 bits per heavy atom. The molecule has 3 nitrogen and oxygen atoms in total. The van der Waals surface area contributed by atoms with Crippen molar-refractivity contribution in [3.8, 4) is 11.8 Å². The van der Waals surface area contributed by atoms with E-state index in [1.165, 1.54) is 6.07 Å². The van der Waals surface area contributed by atoms with Crippen molar-refractivity contribution in [2.45, 2.75) is 0 Å². The third-order valence-electron chi connectivity index (χ3n) is 1.00. The average molecular weight is 277 g/mol. The van der Waals surface area contributed by atoms with E-state index >= 15 is 0 Å². The third kappa shape index (κ3) is 1.70. The van der Waals surface area contributed by atoms with E-state index in [4.69, 9.17) is 5.26 Å². The van der Waals surface area contributed by atoms with Gasteiger partial charge in [-0.2, -0.15) is 5.26 Å². The SMILES string of the molecule is N#Cc1cc(Br)c([O-])c(Br)n1. The highest BCUT2D eigenvalue weighted by Gasteiger charge is 1.99. The van der Waals surface area contributed by atoms with Crippen molar-refractivity contribution in [1.29, 1.82) is 5.26 Å². The van der Waals surface area contributed by atoms with Crippen LogP contribution in [0, 0.1) is 11.3 Å². The van der Waals surface area contributed by atoms with Crippen LogP contribution in [-0.4, -0.2) is 4.98 Å². The summed E-state index contributed by atoms with van der Waals surface area (Å²) in [5, 5.41) is 19.4. The summed E-state index contributed by atoms with van der Waals surface area (Å²) in [5.74, 6) is -0.246. The molecule has 0 fully saturated rings. The number of nitrogens with zero attached hydrogens (tertiary/aromatic N) is 2. The van der Waals surface area contributed by atoms with Crippen LogP contribution < -0.4 is 5.11 Å². The van der Waals surface area contributed by atoms with Crippen LogP contribution in [0.15, 0.2) is 15.1 Å². The van der Waals surface area contributed by atoms with Gasteiger partial charge in [-0.3, -0.25) is 0 Å². The summed E-state index contributed by atoms with van der Waals surface area (Å²) in [7, 11) is 0. The predicted octanol–water partition coefficient (Wildman–Crippen LogP) is 1.55. The van der Waals surface area contributed by atoms with Crippen molar-refractivity contribution in [1.82, 2.24) is 4.98 Å². The maximum absolute atomic E-state index is 11.0. The van der Waals surface area contributed by atoms with Crippen molar-refractivity contribution in [2.75, 3.05) is 0 Å². The summed E-state index contributed by atoms with van der Waals surface area (Å²) in [5.41, 5.74) is 0.211. The Morgan fingerprint density at radius 3 is 2.64 bits per heavy atom. The van der Waals surface area contributed by atoms with Gasteiger partial charge in [-0.15, -0.1) is 0 Å². The summed E-state index contributed by atoms with van der Waals surface area (Å²) >= 11 is 5.94. The second kappa shape index (κ2) is 3.20. The number of hydrogen-bond donors (Lipinski definition) is 0. The summed E-state index contributed by atoms with van der Waals surface area (Å²) in [4.78, 5) is 3.67. The van der Waals surface area contributed by atoms with Crippen LogP contribution in [0.2, 0.25) is 0 Å². The van der Waals surface area contributed by atoms with E-state index in [1.54, 1.807) is 0 Å². The maximum Gasteiger partial charge on any atom is 0.142 e. The molecule has 0 unspecified atom stereocenters. The second-order valence-electron chi connectivity index (χ2n) is 1.72. The van der Waals surface area contributed by atoms with Gasteiger partial charge in [-0.25, -0.2) is 4.98 Å². The average Bonchev–Trinajstić information content (AvgIpc) is 1.99. The quantitative estimate of drug-likeness (QED) is 0.676. The van der Waals surface area contributed by atoms with E-state index in [-0.39, 0.29) is 16.0 Å². The Balaban J connectivity index is 3.35. The van der Waals surface area contributed by atoms with Gasteiger partial charge in [0.25, 0.3) is 0 Å². The molecule has 0 saturated carbocycles. The van der Waals surface area contributed by atoms with E-state index < -0.39 is 0 Å². The van der Waals surface area contributed by atoms with Crippen molar-refractivity contribution in [2.24, 2.45) is 0 Å². The molecule has 0 aliphatic heterocycles. The first-order valence-corrected chi connectivity index (χ1v) is 4.17. The topological polar surface area (TPSA) is 59.7 Å². The van der Waals surface area contributed by atoms with Crippen LogP contribution in [0.1, 0.15) is 5.69 Å². The van der Waals surface area contributed by atoms with E-state index in [1.807, 2.05) is 6.07 Å². The lowest BCUT2D eigenvalue weighted by molar-refractivity contribution is -0.271. The monoisotopic (exact) mass is 275 g/mol. The van der Waals surface area contributed by atoms with Crippen LogP contribution in [0.3, 0.4) is 0 Å². The molecule has 0 saturated heterocycles. The molecule has 0 spiro atoms. The highest BCUT2D eigenvalue weighted by Crippen LogP contribution is 2.27. The molecular weight excluding hydrogens is 276 g/mol. The first-order valence-electron chi connectivity index (χ1n) is 2.58. The first kappa shape index (κ1) is 8.50. The number of rotatable bonds is 0. The Bertz CT molecular complexity index is 309. The van der Waals surface area contributed by atoms with Crippen LogP contribution in [0.25, 0.3) is 0 Å². The molecule has 0 radical (unpaired) electrons. The smallest absolute Gasteiger partial charge is 0.142 e. The molecule has 1 heterocycles. The van der Waals surface area contributed by atoms with Gasteiger partial charge in [0.15, 0.2) is 0 Å². The molecule has 0 amide bonds. The van der Waals surface area contributed by atoms with E-state index in [9.17, 15) is 5.11 Å². The van der Waals surface area contributed by atoms with Crippen LogP contribution in [0.4, 0.5) is 0 Å².